The molecule has 0 radical (unpaired) electrons. The largest absolute Gasteiger partial charge is 0.507 e. The number of carbonyl (C=O) groups is 2. The van der Waals surface area contributed by atoms with Crippen molar-refractivity contribution in [3.63, 3.8) is 0 Å². The number of phenolic OH excluding ortho intramolecular Hbond substituents is 1. The highest BCUT2D eigenvalue weighted by molar-refractivity contribution is 6.30. The summed E-state index contributed by atoms with van der Waals surface area (Å²) in [4.78, 5) is 28.7. The van der Waals surface area contributed by atoms with E-state index in [1.165, 1.54) is 0 Å². The minimum atomic E-state index is -0.304. The fraction of sp³-hybridized carbons (Fsp3) is 0.360. The predicted octanol–water partition coefficient (Wildman–Crippen LogP) is 10.7. The average Bonchev–Trinajstić information content (AvgIpc) is 3.14. The molecule has 1 aliphatic carbocycles. The molecule has 2 aliphatic heterocycles. The van der Waals surface area contributed by atoms with Crippen molar-refractivity contribution in [2.24, 2.45) is 0 Å². The Morgan fingerprint density at radius 1 is 0.509 bits per heavy atom. The van der Waals surface area contributed by atoms with Crippen LogP contribution in [0.4, 0.5) is 0 Å². The van der Waals surface area contributed by atoms with Crippen LogP contribution in [0.3, 0.4) is 0 Å². The number of hydrogen-bond acceptors (Lipinski definition) is 7. The van der Waals surface area contributed by atoms with Gasteiger partial charge in [-0.1, -0.05) is 111 Å². The maximum atomic E-state index is 14.4. The van der Waals surface area contributed by atoms with Crippen LogP contribution in [0.5, 0.6) is 28.7 Å². The van der Waals surface area contributed by atoms with Gasteiger partial charge in [-0.15, -0.1) is 0 Å². The quantitative estimate of drug-likeness (QED) is 0.188. The number of aromatic hydroxyl groups is 1. The Bertz CT molecular complexity index is 2270. The zero-order valence-corrected chi connectivity index (χ0v) is 35.2. The first-order valence-corrected chi connectivity index (χ1v) is 19.7. The third-order valence-corrected chi connectivity index (χ3v) is 11.3. The van der Waals surface area contributed by atoms with Gasteiger partial charge in [-0.05, 0) is 79.5 Å². The lowest BCUT2D eigenvalue weighted by Crippen LogP contribution is -2.23. The van der Waals surface area contributed by atoms with Crippen molar-refractivity contribution in [3.05, 3.63) is 145 Å². The second kappa shape index (κ2) is 14.4. The van der Waals surface area contributed by atoms with Crippen molar-refractivity contribution in [1.82, 2.24) is 0 Å². The Kier molecular flexibility index (Phi) is 10.0. The van der Waals surface area contributed by atoms with Crippen molar-refractivity contribution < 1.29 is 33.6 Å². The lowest BCUT2D eigenvalue weighted by molar-refractivity contribution is 0.0971. The number of hydrogen-bond donors (Lipinski definition) is 1. The van der Waals surface area contributed by atoms with Crippen LogP contribution in [0.15, 0.2) is 72.8 Å². The van der Waals surface area contributed by atoms with Gasteiger partial charge in [0.15, 0.2) is 11.6 Å². The number of phenols is 1. The number of ketones is 2. The highest BCUT2D eigenvalue weighted by Gasteiger charge is 2.36. The van der Waals surface area contributed by atoms with E-state index >= 15 is 0 Å². The van der Waals surface area contributed by atoms with E-state index in [0.717, 1.165) is 50.1 Å². The average molecular weight is 767 g/mol. The topological polar surface area (TPSA) is 91.3 Å². The molecule has 57 heavy (non-hydrogen) atoms. The van der Waals surface area contributed by atoms with Gasteiger partial charge in [0.1, 0.15) is 42.0 Å². The molecule has 8 bridgehead atoms. The number of methoxy groups -OCH3 is 2. The van der Waals surface area contributed by atoms with E-state index < -0.39 is 0 Å². The monoisotopic (exact) mass is 766 g/mol. The summed E-state index contributed by atoms with van der Waals surface area (Å²) in [5.41, 5.74) is 8.48. The van der Waals surface area contributed by atoms with E-state index in [0.29, 0.717) is 35.5 Å². The lowest BCUT2D eigenvalue weighted by Gasteiger charge is -2.26. The molecule has 0 fully saturated rings. The first-order valence-electron chi connectivity index (χ1n) is 19.7. The third kappa shape index (κ3) is 7.40. The number of fused-ring (bicyclic) bond motifs is 4. The van der Waals surface area contributed by atoms with Crippen LogP contribution in [-0.2, 0) is 42.3 Å². The second-order valence-corrected chi connectivity index (χ2v) is 18.5. The van der Waals surface area contributed by atoms with E-state index in [1.807, 2.05) is 0 Å². The molecule has 8 rings (SSSR count). The molecule has 0 amide bonds. The number of benzene rings is 5. The van der Waals surface area contributed by atoms with E-state index in [1.54, 1.807) is 50.6 Å². The molecule has 5 aromatic carbocycles. The molecule has 0 aromatic heterocycles. The van der Waals surface area contributed by atoms with Gasteiger partial charge in [0.05, 0.1) is 25.3 Å². The number of ether oxygens (including phenoxy) is 4. The van der Waals surface area contributed by atoms with Crippen LogP contribution in [0.25, 0.3) is 0 Å². The van der Waals surface area contributed by atoms with Crippen LogP contribution in [0, 0.1) is 0 Å². The molecule has 3 aliphatic rings. The Hall–Kier alpha value is -5.56. The summed E-state index contributed by atoms with van der Waals surface area (Å²) in [6.45, 7) is 19.6. The molecule has 5 aromatic rings. The van der Waals surface area contributed by atoms with Crippen LogP contribution in [-0.4, -0.2) is 30.9 Å². The summed E-state index contributed by atoms with van der Waals surface area (Å²) in [5, 5.41) is 12.2. The van der Waals surface area contributed by atoms with E-state index in [4.69, 9.17) is 18.9 Å². The second-order valence-electron chi connectivity index (χ2n) is 18.5. The van der Waals surface area contributed by atoms with Crippen molar-refractivity contribution in [1.29, 1.82) is 0 Å². The zero-order chi connectivity index (χ0) is 41.2. The summed E-state index contributed by atoms with van der Waals surface area (Å²) in [5.74, 6) is 1.45. The van der Waals surface area contributed by atoms with Gasteiger partial charge < -0.3 is 24.1 Å². The molecular formula is C50H54O7. The highest BCUT2D eigenvalue weighted by atomic mass is 16.5. The molecule has 7 heteroatoms. The van der Waals surface area contributed by atoms with Crippen LogP contribution < -0.4 is 18.9 Å². The molecular weight excluding hydrogens is 713 g/mol. The first kappa shape index (κ1) is 39.7. The standard InChI is InChI=1S/C50H54O7/c1-48(2,3)34-20-28-18-30-22-35(49(4,5)6)24-32(46(30)54-10)26-56-39-16-17-40(42-41(39)44(52)37-14-12-13-15-38(37)45(42)53)57-27-33-25-36(50(7,8)9)23-31(47(33)55-11)19-29(21-34)43(28)51/h12-17,20-25,51H,18-19,26-27H2,1-11H3. The van der Waals surface area contributed by atoms with Crippen LogP contribution >= 0.6 is 0 Å². The molecule has 2 heterocycles. The van der Waals surface area contributed by atoms with Crippen molar-refractivity contribution in [2.75, 3.05) is 14.2 Å². The minimum absolute atomic E-state index is 0.0632. The van der Waals surface area contributed by atoms with E-state index in [2.05, 4.69) is 98.7 Å². The summed E-state index contributed by atoms with van der Waals surface area (Å²) in [7, 11) is 3.29. The lowest BCUT2D eigenvalue weighted by atomic mass is 9.81. The van der Waals surface area contributed by atoms with Crippen molar-refractivity contribution in [2.45, 2.75) is 105 Å². The van der Waals surface area contributed by atoms with Gasteiger partial charge in [0, 0.05) is 35.1 Å². The molecule has 0 atom stereocenters. The Morgan fingerprint density at radius 2 is 0.842 bits per heavy atom. The van der Waals surface area contributed by atoms with E-state index in [-0.39, 0.29) is 69.4 Å². The van der Waals surface area contributed by atoms with Gasteiger partial charge in [0.2, 0.25) is 0 Å². The Morgan fingerprint density at radius 3 is 1.18 bits per heavy atom. The maximum absolute atomic E-state index is 14.4. The fourth-order valence-electron chi connectivity index (χ4n) is 7.96. The summed E-state index contributed by atoms with van der Waals surface area (Å²) in [6, 6.07) is 23.0. The maximum Gasteiger partial charge on any atom is 0.198 e. The minimum Gasteiger partial charge on any atom is -0.507 e. The molecule has 1 N–H and O–H groups in total. The molecule has 7 nitrogen and oxygen atoms in total. The van der Waals surface area contributed by atoms with Gasteiger partial charge in [-0.3, -0.25) is 9.59 Å². The number of carbonyl (C=O) groups excluding carboxylic acids is 2. The van der Waals surface area contributed by atoms with Gasteiger partial charge in [-0.25, -0.2) is 0 Å². The molecule has 0 unspecified atom stereocenters. The highest BCUT2D eigenvalue weighted by Crippen LogP contribution is 2.43. The first-order chi connectivity index (χ1) is 26.8. The van der Waals surface area contributed by atoms with Crippen molar-refractivity contribution in [3.8, 4) is 28.7 Å². The smallest absolute Gasteiger partial charge is 0.198 e. The normalized spacial score (nSPS) is 14.4. The zero-order valence-electron chi connectivity index (χ0n) is 35.2. The summed E-state index contributed by atoms with van der Waals surface area (Å²) >= 11 is 0. The van der Waals surface area contributed by atoms with E-state index in [9.17, 15) is 14.7 Å². The fourth-order valence-corrected chi connectivity index (χ4v) is 7.96. The molecule has 296 valence electrons. The van der Waals surface area contributed by atoms with Crippen molar-refractivity contribution >= 4 is 11.6 Å². The van der Waals surface area contributed by atoms with Crippen LogP contribution in [0.2, 0.25) is 0 Å². The SMILES string of the molecule is COc1c2cc(C(C)(C)C)cc1Cc1cc(C(C)(C)C)cc(c1O)Cc1cc(C(C)(C)C)cc(c1OC)COc1ccc(c3c1C(=O)c1ccccc1C3=O)OC2. The van der Waals surface area contributed by atoms with Gasteiger partial charge in [-0.2, -0.15) is 0 Å². The third-order valence-electron chi connectivity index (χ3n) is 11.3. The molecule has 0 saturated carbocycles. The molecule has 0 saturated heterocycles. The predicted molar refractivity (Wildman–Crippen MR) is 224 cm³/mol. The van der Waals surface area contributed by atoms with Gasteiger partial charge in [0.25, 0.3) is 0 Å². The summed E-state index contributed by atoms with van der Waals surface area (Å²) in [6.07, 6.45) is 0.796. The molecule has 0 spiro atoms. The van der Waals surface area contributed by atoms with Crippen LogP contribution in [0.1, 0.15) is 144 Å². The van der Waals surface area contributed by atoms with Gasteiger partial charge >= 0.3 is 0 Å². The Balaban J connectivity index is 1.52. The Labute approximate surface area is 337 Å². The summed E-state index contributed by atoms with van der Waals surface area (Å²) < 4.78 is 25.5. The number of rotatable bonds is 2.